The van der Waals surface area contributed by atoms with E-state index in [1.165, 1.54) is 24.5 Å². The molecule has 1 aromatic heterocycles. The SMILES string of the molecule is Cc1cc(NC(=O)NC(C)C(=O)NCc2ccco2)ccc1F. The van der Waals surface area contributed by atoms with Crippen molar-refractivity contribution in [2.45, 2.75) is 26.4 Å². The summed E-state index contributed by atoms with van der Waals surface area (Å²) in [5.41, 5.74) is 0.872. The molecular weight excluding hydrogens is 301 g/mol. The first kappa shape index (κ1) is 16.5. The highest BCUT2D eigenvalue weighted by molar-refractivity contribution is 5.93. The summed E-state index contributed by atoms with van der Waals surface area (Å²) in [7, 11) is 0. The van der Waals surface area contributed by atoms with E-state index in [9.17, 15) is 14.0 Å². The summed E-state index contributed by atoms with van der Waals surface area (Å²) < 4.78 is 18.3. The van der Waals surface area contributed by atoms with Gasteiger partial charge in [0.1, 0.15) is 17.6 Å². The van der Waals surface area contributed by atoms with Crippen LogP contribution in [0.1, 0.15) is 18.2 Å². The molecule has 0 spiro atoms. The second-order valence-corrected chi connectivity index (χ2v) is 5.08. The fourth-order valence-electron chi connectivity index (χ4n) is 1.89. The molecule has 6 nitrogen and oxygen atoms in total. The van der Waals surface area contributed by atoms with E-state index in [0.717, 1.165) is 0 Å². The molecule has 2 rings (SSSR count). The molecule has 1 unspecified atom stereocenters. The van der Waals surface area contributed by atoms with Crippen LogP contribution >= 0.6 is 0 Å². The van der Waals surface area contributed by atoms with Gasteiger partial charge in [0.15, 0.2) is 0 Å². The van der Waals surface area contributed by atoms with Crippen LogP contribution in [0.25, 0.3) is 0 Å². The van der Waals surface area contributed by atoms with Gasteiger partial charge in [-0.2, -0.15) is 0 Å². The van der Waals surface area contributed by atoms with Crippen molar-refractivity contribution >= 4 is 17.6 Å². The first-order valence-corrected chi connectivity index (χ1v) is 7.09. The van der Waals surface area contributed by atoms with Gasteiger partial charge in [0.25, 0.3) is 0 Å². The summed E-state index contributed by atoms with van der Waals surface area (Å²) in [4.78, 5) is 23.7. The van der Waals surface area contributed by atoms with Crippen molar-refractivity contribution in [3.63, 3.8) is 0 Å². The fraction of sp³-hybridized carbons (Fsp3) is 0.250. The first-order chi connectivity index (χ1) is 11.0. The molecule has 1 heterocycles. The summed E-state index contributed by atoms with van der Waals surface area (Å²) in [6, 6.07) is 6.41. The van der Waals surface area contributed by atoms with Crippen LogP contribution in [0.3, 0.4) is 0 Å². The van der Waals surface area contributed by atoms with E-state index in [1.54, 1.807) is 26.0 Å². The van der Waals surface area contributed by atoms with Gasteiger partial charge in [0, 0.05) is 5.69 Å². The number of halogens is 1. The summed E-state index contributed by atoms with van der Waals surface area (Å²) in [6.45, 7) is 3.41. The van der Waals surface area contributed by atoms with Crippen LogP contribution in [-0.4, -0.2) is 18.0 Å². The van der Waals surface area contributed by atoms with E-state index >= 15 is 0 Å². The van der Waals surface area contributed by atoms with Crippen LogP contribution in [-0.2, 0) is 11.3 Å². The van der Waals surface area contributed by atoms with Crippen molar-refractivity contribution < 1.29 is 18.4 Å². The van der Waals surface area contributed by atoms with Gasteiger partial charge in [-0.3, -0.25) is 4.79 Å². The minimum Gasteiger partial charge on any atom is -0.467 e. The molecule has 0 radical (unpaired) electrons. The third kappa shape index (κ3) is 4.84. The van der Waals surface area contributed by atoms with Crippen molar-refractivity contribution in [3.05, 3.63) is 53.7 Å². The molecule has 0 aliphatic heterocycles. The second-order valence-electron chi connectivity index (χ2n) is 5.08. The first-order valence-electron chi connectivity index (χ1n) is 7.09. The quantitative estimate of drug-likeness (QED) is 0.792. The highest BCUT2D eigenvalue weighted by Crippen LogP contribution is 2.13. The van der Waals surface area contributed by atoms with E-state index < -0.39 is 12.1 Å². The molecule has 3 amide bonds. The number of nitrogens with one attached hydrogen (secondary N) is 3. The highest BCUT2D eigenvalue weighted by atomic mass is 19.1. The molecule has 7 heteroatoms. The van der Waals surface area contributed by atoms with Crippen molar-refractivity contribution in [1.82, 2.24) is 10.6 Å². The lowest BCUT2D eigenvalue weighted by Crippen LogP contribution is -2.46. The molecule has 0 aliphatic rings. The number of benzene rings is 1. The van der Waals surface area contributed by atoms with Crippen LogP contribution in [0.15, 0.2) is 41.0 Å². The van der Waals surface area contributed by atoms with Crippen LogP contribution < -0.4 is 16.0 Å². The molecule has 2 aromatic rings. The highest BCUT2D eigenvalue weighted by Gasteiger charge is 2.15. The van der Waals surface area contributed by atoms with Gasteiger partial charge in [0.2, 0.25) is 5.91 Å². The topological polar surface area (TPSA) is 83.4 Å². The van der Waals surface area contributed by atoms with Gasteiger partial charge in [-0.1, -0.05) is 0 Å². The molecule has 3 N–H and O–H groups in total. The minimum atomic E-state index is -0.730. The standard InChI is InChI=1S/C16H18FN3O3/c1-10-8-12(5-6-14(10)17)20-16(22)19-11(2)15(21)18-9-13-4-3-7-23-13/h3-8,11H,9H2,1-2H3,(H,18,21)(H2,19,20,22). The Bertz CT molecular complexity index is 686. The lowest BCUT2D eigenvalue weighted by atomic mass is 10.2. The Morgan fingerprint density at radius 2 is 2.09 bits per heavy atom. The molecule has 122 valence electrons. The maximum atomic E-state index is 13.2. The zero-order valence-electron chi connectivity index (χ0n) is 12.9. The third-order valence-corrected chi connectivity index (χ3v) is 3.17. The number of aryl methyl sites for hydroxylation is 1. The van der Waals surface area contributed by atoms with E-state index in [2.05, 4.69) is 16.0 Å². The predicted molar refractivity (Wildman–Crippen MR) is 83.3 cm³/mol. The molecule has 0 aliphatic carbocycles. The number of rotatable bonds is 5. The van der Waals surface area contributed by atoms with Crippen molar-refractivity contribution in [2.24, 2.45) is 0 Å². The van der Waals surface area contributed by atoms with Crippen molar-refractivity contribution in [3.8, 4) is 0 Å². The van der Waals surface area contributed by atoms with Crippen LogP contribution in [0.5, 0.6) is 0 Å². The Kier molecular flexibility index (Phi) is 5.35. The summed E-state index contributed by atoms with van der Waals surface area (Å²) in [5.74, 6) is -0.0646. The zero-order chi connectivity index (χ0) is 16.8. The Hall–Kier alpha value is -2.83. The number of carbonyl (C=O) groups is 2. The van der Waals surface area contributed by atoms with Gasteiger partial charge in [-0.05, 0) is 49.7 Å². The monoisotopic (exact) mass is 319 g/mol. The normalized spacial score (nSPS) is 11.6. The van der Waals surface area contributed by atoms with Gasteiger partial charge >= 0.3 is 6.03 Å². The molecular formula is C16H18FN3O3. The smallest absolute Gasteiger partial charge is 0.319 e. The maximum Gasteiger partial charge on any atom is 0.319 e. The van der Waals surface area contributed by atoms with E-state index in [0.29, 0.717) is 17.0 Å². The number of amides is 3. The third-order valence-electron chi connectivity index (χ3n) is 3.17. The predicted octanol–water partition coefficient (Wildman–Crippen LogP) is 2.55. The molecule has 0 saturated carbocycles. The number of hydrogen-bond acceptors (Lipinski definition) is 3. The number of urea groups is 1. The molecule has 0 fully saturated rings. The molecule has 1 atom stereocenters. The maximum absolute atomic E-state index is 13.2. The number of furan rings is 1. The number of anilines is 1. The van der Waals surface area contributed by atoms with Crippen LogP contribution in [0, 0.1) is 12.7 Å². The number of hydrogen-bond donors (Lipinski definition) is 3. The zero-order valence-corrected chi connectivity index (χ0v) is 12.9. The lowest BCUT2D eigenvalue weighted by Gasteiger charge is -2.14. The van der Waals surface area contributed by atoms with Gasteiger partial charge in [-0.15, -0.1) is 0 Å². The average molecular weight is 319 g/mol. The van der Waals surface area contributed by atoms with Crippen molar-refractivity contribution in [1.29, 1.82) is 0 Å². The molecule has 0 bridgehead atoms. The number of carbonyl (C=O) groups excluding carboxylic acids is 2. The van der Waals surface area contributed by atoms with E-state index in [4.69, 9.17) is 4.42 Å². The lowest BCUT2D eigenvalue weighted by molar-refractivity contribution is -0.122. The molecule has 23 heavy (non-hydrogen) atoms. The van der Waals surface area contributed by atoms with Gasteiger partial charge in [0.05, 0.1) is 12.8 Å². The second kappa shape index (κ2) is 7.44. The average Bonchev–Trinajstić information content (AvgIpc) is 3.01. The Balaban J connectivity index is 1.81. The minimum absolute atomic E-state index is 0.247. The van der Waals surface area contributed by atoms with Gasteiger partial charge in [-0.25, -0.2) is 9.18 Å². The summed E-state index contributed by atoms with van der Waals surface area (Å²) in [5, 5.41) is 7.70. The van der Waals surface area contributed by atoms with E-state index in [-0.39, 0.29) is 18.3 Å². The summed E-state index contributed by atoms with van der Waals surface area (Å²) >= 11 is 0. The van der Waals surface area contributed by atoms with Crippen LogP contribution in [0.2, 0.25) is 0 Å². The fourth-order valence-corrected chi connectivity index (χ4v) is 1.89. The summed E-state index contributed by atoms with van der Waals surface area (Å²) in [6.07, 6.45) is 1.52. The van der Waals surface area contributed by atoms with Gasteiger partial charge < -0.3 is 20.4 Å². The Labute approximate surface area is 133 Å². The molecule has 0 saturated heterocycles. The Morgan fingerprint density at radius 1 is 1.30 bits per heavy atom. The van der Waals surface area contributed by atoms with Crippen LogP contribution in [0.4, 0.5) is 14.9 Å². The van der Waals surface area contributed by atoms with Crippen molar-refractivity contribution in [2.75, 3.05) is 5.32 Å². The molecule has 1 aromatic carbocycles. The largest absolute Gasteiger partial charge is 0.467 e. The van der Waals surface area contributed by atoms with E-state index in [1.807, 2.05) is 0 Å². The Morgan fingerprint density at radius 3 is 2.74 bits per heavy atom.